The molecule has 1 saturated carbocycles. The van der Waals surface area contributed by atoms with Crippen LogP contribution in [0.5, 0.6) is 0 Å². The van der Waals surface area contributed by atoms with E-state index < -0.39 is 0 Å². The fourth-order valence-corrected chi connectivity index (χ4v) is 2.55. The molecule has 1 nitrogen and oxygen atoms in total. The van der Waals surface area contributed by atoms with Crippen LogP contribution in [0.2, 0.25) is 0 Å². The highest BCUT2D eigenvalue weighted by Gasteiger charge is 2.25. The van der Waals surface area contributed by atoms with Crippen molar-refractivity contribution in [3.63, 3.8) is 0 Å². The first kappa shape index (κ1) is 12.7. The molecular weight excluding hydrogens is 184 g/mol. The molecular formula is C14H26O. The molecule has 1 aliphatic carbocycles. The third-order valence-corrected chi connectivity index (χ3v) is 4.13. The Balaban J connectivity index is 2.30. The van der Waals surface area contributed by atoms with E-state index in [2.05, 4.69) is 20.8 Å². The normalized spacial score (nSPS) is 28.7. The SMILES string of the molecule is CCC(C)CC(=O)C1CCC(CC)CC1. The van der Waals surface area contributed by atoms with Crippen LogP contribution in [0.3, 0.4) is 0 Å². The van der Waals surface area contributed by atoms with Crippen molar-refractivity contribution in [2.75, 3.05) is 0 Å². The molecule has 0 saturated heterocycles. The maximum Gasteiger partial charge on any atom is 0.136 e. The first-order chi connectivity index (χ1) is 7.17. The molecule has 1 unspecified atom stereocenters. The van der Waals surface area contributed by atoms with Gasteiger partial charge < -0.3 is 0 Å². The van der Waals surface area contributed by atoms with Crippen molar-refractivity contribution in [1.29, 1.82) is 0 Å². The number of carbonyl (C=O) groups excluding carboxylic acids is 1. The second-order valence-corrected chi connectivity index (χ2v) is 5.31. The third-order valence-electron chi connectivity index (χ3n) is 4.13. The van der Waals surface area contributed by atoms with Crippen LogP contribution in [0.15, 0.2) is 0 Å². The van der Waals surface area contributed by atoms with Gasteiger partial charge in [-0.15, -0.1) is 0 Å². The highest BCUT2D eigenvalue weighted by atomic mass is 16.1. The molecule has 0 N–H and O–H groups in total. The molecule has 88 valence electrons. The summed E-state index contributed by atoms with van der Waals surface area (Å²) in [6, 6.07) is 0. The molecule has 1 rings (SSSR count). The minimum atomic E-state index is 0.404. The van der Waals surface area contributed by atoms with Crippen molar-refractivity contribution in [1.82, 2.24) is 0 Å². The van der Waals surface area contributed by atoms with Gasteiger partial charge in [0.1, 0.15) is 5.78 Å². The second kappa shape index (κ2) is 6.30. The average molecular weight is 210 g/mol. The van der Waals surface area contributed by atoms with Crippen LogP contribution in [0.4, 0.5) is 0 Å². The minimum Gasteiger partial charge on any atom is -0.299 e. The summed E-state index contributed by atoms with van der Waals surface area (Å²) in [5.74, 6) is 2.43. The van der Waals surface area contributed by atoms with Crippen molar-refractivity contribution < 1.29 is 4.79 Å². The van der Waals surface area contributed by atoms with Gasteiger partial charge >= 0.3 is 0 Å². The van der Waals surface area contributed by atoms with Crippen molar-refractivity contribution in [3.05, 3.63) is 0 Å². The van der Waals surface area contributed by atoms with E-state index in [1.807, 2.05) is 0 Å². The molecule has 0 radical (unpaired) electrons. The van der Waals surface area contributed by atoms with Crippen molar-refractivity contribution in [2.45, 2.75) is 65.7 Å². The fraction of sp³-hybridized carbons (Fsp3) is 0.929. The van der Waals surface area contributed by atoms with Crippen molar-refractivity contribution >= 4 is 5.78 Å². The largest absolute Gasteiger partial charge is 0.299 e. The zero-order valence-electron chi connectivity index (χ0n) is 10.6. The molecule has 1 heteroatoms. The van der Waals surface area contributed by atoms with Gasteiger partial charge in [0.05, 0.1) is 0 Å². The Morgan fingerprint density at radius 3 is 2.27 bits per heavy atom. The van der Waals surface area contributed by atoms with Crippen LogP contribution in [0.1, 0.15) is 65.7 Å². The summed E-state index contributed by atoms with van der Waals surface area (Å²) in [6.45, 7) is 6.63. The van der Waals surface area contributed by atoms with Gasteiger partial charge in [-0.25, -0.2) is 0 Å². The number of hydrogen-bond donors (Lipinski definition) is 0. The third kappa shape index (κ3) is 3.96. The zero-order valence-corrected chi connectivity index (χ0v) is 10.6. The van der Waals surface area contributed by atoms with Gasteiger partial charge in [-0.3, -0.25) is 4.79 Å². The lowest BCUT2D eigenvalue weighted by atomic mass is 9.77. The highest BCUT2D eigenvalue weighted by Crippen LogP contribution is 2.32. The van der Waals surface area contributed by atoms with Gasteiger partial charge in [0.25, 0.3) is 0 Å². The lowest BCUT2D eigenvalue weighted by molar-refractivity contribution is -0.124. The molecule has 1 fully saturated rings. The highest BCUT2D eigenvalue weighted by molar-refractivity contribution is 5.81. The monoisotopic (exact) mass is 210 g/mol. The summed E-state index contributed by atoms with van der Waals surface area (Å²) in [5, 5.41) is 0. The summed E-state index contributed by atoms with van der Waals surface area (Å²) in [6.07, 6.45) is 8.14. The number of Topliss-reactive ketones (excluding diaryl/α,β-unsaturated/α-hetero) is 1. The number of ketones is 1. The molecule has 0 aromatic heterocycles. The van der Waals surface area contributed by atoms with Gasteiger partial charge in [-0.05, 0) is 37.5 Å². The average Bonchev–Trinajstić information content (AvgIpc) is 2.29. The van der Waals surface area contributed by atoms with E-state index in [9.17, 15) is 4.79 Å². The summed E-state index contributed by atoms with van der Waals surface area (Å²) < 4.78 is 0. The fourth-order valence-electron chi connectivity index (χ4n) is 2.55. The summed E-state index contributed by atoms with van der Waals surface area (Å²) in [4.78, 5) is 12.0. The summed E-state index contributed by atoms with van der Waals surface area (Å²) in [5.41, 5.74) is 0. The van der Waals surface area contributed by atoms with E-state index in [1.165, 1.54) is 19.3 Å². The molecule has 0 aromatic rings. The van der Waals surface area contributed by atoms with E-state index >= 15 is 0 Å². The molecule has 0 amide bonds. The molecule has 0 heterocycles. The molecule has 0 aromatic carbocycles. The molecule has 0 aliphatic heterocycles. The predicted molar refractivity (Wildman–Crippen MR) is 64.8 cm³/mol. The Kier molecular flexibility index (Phi) is 5.35. The maximum atomic E-state index is 12.0. The van der Waals surface area contributed by atoms with E-state index in [0.29, 0.717) is 17.6 Å². The number of carbonyl (C=O) groups is 1. The number of rotatable bonds is 5. The van der Waals surface area contributed by atoms with E-state index in [4.69, 9.17) is 0 Å². The van der Waals surface area contributed by atoms with Crippen molar-refractivity contribution in [3.8, 4) is 0 Å². The molecule has 1 atom stereocenters. The Hall–Kier alpha value is -0.330. The lowest BCUT2D eigenvalue weighted by Gasteiger charge is -2.27. The van der Waals surface area contributed by atoms with Crippen LogP contribution < -0.4 is 0 Å². The Morgan fingerprint density at radius 2 is 1.80 bits per heavy atom. The Morgan fingerprint density at radius 1 is 1.20 bits per heavy atom. The van der Waals surface area contributed by atoms with Gasteiger partial charge in [0.2, 0.25) is 0 Å². The molecule has 1 aliphatic rings. The predicted octanol–water partition coefficient (Wildman–Crippen LogP) is 4.21. The van der Waals surface area contributed by atoms with E-state index in [1.54, 1.807) is 0 Å². The first-order valence-corrected chi connectivity index (χ1v) is 6.70. The van der Waals surface area contributed by atoms with Gasteiger partial charge in [-0.2, -0.15) is 0 Å². The van der Waals surface area contributed by atoms with Gasteiger partial charge in [-0.1, -0.05) is 33.6 Å². The zero-order chi connectivity index (χ0) is 11.3. The molecule has 0 spiro atoms. The first-order valence-electron chi connectivity index (χ1n) is 6.70. The van der Waals surface area contributed by atoms with Crippen molar-refractivity contribution in [2.24, 2.45) is 17.8 Å². The summed E-state index contributed by atoms with van der Waals surface area (Å²) in [7, 11) is 0. The summed E-state index contributed by atoms with van der Waals surface area (Å²) >= 11 is 0. The standard InChI is InChI=1S/C14H26O/c1-4-11(3)10-14(15)13-8-6-12(5-2)7-9-13/h11-13H,4-10H2,1-3H3. The van der Waals surface area contributed by atoms with Crippen LogP contribution in [-0.2, 0) is 4.79 Å². The maximum absolute atomic E-state index is 12.0. The molecule has 15 heavy (non-hydrogen) atoms. The minimum absolute atomic E-state index is 0.404. The molecule has 0 bridgehead atoms. The quantitative estimate of drug-likeness (QED) is 0.664. The Bertz CT molecular complexity index is 190. The topological polar surface area (TPSA) is 17.1 Å². The van der Waals surface area contributed by atoms with Crippen LogP contribution in [0.25, 0.3) is 0 Å². The lowest BCUT2D eigenvalue weighted by Crippen LogP contribution is -2.22. The smallest absolute Gasteiger partial charge is 0.136 e. The van der Waals surface area contributed by atoms with Gasteiger partial charge in [0, 0.05) is 12.3 Å². The Labute approximate surface area is 94.6 Å². The van der Waals surface area contributed by atoms with Crippen LogP contribution in [-0.4, -0.2) is 5.78 Å². The van der Waals surface area contributed by atoms with Crippen LogP contribution >= 0.6 is 0 Å². The van der Waals surface area contributed by atoms with E-state index in [0.717, 1.165) is 31.6 Å². The number of hydrogen-bond acceptors (Lipinski definition) is 1. The van der Waals surface area contributed by atoms with Gasteiger partial charge in [0.15, 0.2) is 0 Å². The van der Waals surface area contributed by atoms with Crippen LogP contribution in [0, 0.1) is 17.8 Å². The van der Waals surface area contributed by atoms with E-state index in [-0.39, 0.29) is 0 Å². The second-order valence-electron chi connectivity index (χ2n) is 5.31.